The van der Waals surface area contributed by atoms with Gasteiger partial charge in [0.1, 0.15) is 11.6 Å². The number of carbonyl (C=O) groups excluding carboxylic acids is 4. The van der Waals surface area contributed by atoms with Crippen LogP contribution in [0.25, 0.3) is 22.5 Å². The van der Waals surface area contributed by atoms with E-state index in [-0.39, 0.29) is 41.6 Å². The molecular weight excluding hydrogens is 725 g/mol. The van der Waals surface area contributed by atoms with Crippen LogP contribution in [-0.2, 0) is 25.5 Å². The maximum Gasteiger partial charge on any atom is 0.407 e. The van der Waals surface area contributed by atoms with Crippen LogP contribution < -0.4 is 21.3 Å². The molecule has 1 aromatic heterocycles. The summed E-state index contributed by atoms with van der Waals surface area (Å²) in [6.07, 6.45) is 2.68. The van der Waals surface area contributed by atoms with E-state index >= 15 is 0 Å². The molecule has 0 radical (unpaired) electrons. The number of nitrogens with zero attached hydrogens (tertiary/aromatic N) is 3. The second-order valence-corrected chi connectivity index (χ2v) is 16.6. The van der Waals surface area contributed by atoms with E-state index in [1.165, 1.54) is 0 Å². The van der Waals surface area contributed by atoms with Crippen molar-refractivity contribution in [2.45, 2.75) is 97.8 Å². The first-order valence-electron chi connectivity index (χ1n) is 19.6. The van der Waals surface area contributed by atoms with Crippen LogP contribution in [0.2, 0.25) is 0 Å². The maximum atomic E-state index is 13.8. The molecule has 1 aliphatic rings. The number of H-pyrrole nitrogens is 1. The van der Waals surface area contributed by atoms with Gasteiger partial charge >= 0.3 is 6.09 Å². The number of benzene rings is 3. The summed E-state index contributed by atoms with van der Waals surface area (Å²) in [4.78, 5) is 52.4. The molecule has 0 bridgehead atoms. The Morgan fingerprint density at radius 3 is 2.14 bits per heavy atom. The fraction of sp³-hybridized carbons (Fsp3) is 0.465. The lowest BCUT2D eigenvalue weighted by Gasteiger charge is -2.29. The summed E-state index contributed by atoms with van der Waals surface area (Å²) >= 11 is 0. The van der Waals surface area contributed by atoms with Crippen molar-refractivity contribution in [2.75, 3.05) is 25.0 Å². The summed E-state index contributed by atoms with van der Waals surface area (Å²) in [6.45, 7) is 14.7. The van der Waals surface area contributed by atoms with Gasteiger partial charge in [0.05, 0.1) is 12.2 Å². The molecule has 1 saturated carbocycles. The summed E-state index contributed by atoms with van der Waals surface area (Å²) in [7, 11) is 0. The largest absolute Gasteiger partial charge is 0.444 e. The second-order valence-electron chi connectivity index (χ2n) is 16.6. The number of hydrogen-bond donors (Lipinski definition) is 5. The molecule has 0 aliphatic heterocycles. The topological polar surface area (TPSA) is 189 Å². The van der Waals surface area contributed by atoms with Crippen molar-refractivity contribution in [3.63, 3.8) is 0 Å². The average Bonchev–Trinajstić information content (AvgIpc) is 3.70. The lowest BCUT2D eigenvalue weighted by Crippen LogP contribution is -2.48. The minimum absolute atomic E-state index is 0.157. The number of tetrazole rings is 1. The van der Waals surface area contributed by atoms with Gasteiger partial charge in [-0.15, -0.1) is 10.2 Å². The van der Waals surface area contributed by atoms with Crippen LogP contribution >= 0.6 is 0 Å². The Kier molecular flexibility index (Phi) is 14.2. The van der Waals surface area contributed by atoms with Crippen LogP contribution in [0.4, 0.5) is 10.5 Å². The molecule has 304 valence electrons. The Bertz CT molecular complexity index is 1960. The zero-order valence-electron chi connectivity index (χ0n) is 34.0. The highest BCUT2D eigenvalue weighted by Gasteiger charge is 2.30. The number of rotatable bonds is 14. The van der Waals surface area contributed by atoms with E-state index in [1.807, 2.05) is 90.9 Å². The predicted octanol–water partition coefficient (Wildman–Crippen LogP) is 6.38. The van der Waals surface area contributed by atoms with E-state index < -0.39 is 17.7 Å². The number of alkyl carbamates (subject to hydrolysis) is 1. The molecule has 3 aromatic carbocycles. The van der Waals surface area contributed by atoms with Gasteiger partial charge in [0.15, 0.2) is 0 Å². The SMILES string of the molecule is Cc1cc(C(=O)NCCOC(C)(C)C)ccc1-c1ccc(C[C@H](NC(=O)C2CCC(CNC(=O)OC(C)(C)C)CC2)C(=O)Nc2ccc(-c3nn[nH]n3)cc2)cc1. The van der Waals surface area contributed by atoms with E-state index in [0.29, 0.717) is 49.6 Å². The zero-order chi connectivity index (χ0) is 41.2. The first-order valence-corrected chi connectivity index (χ1v) is 19.6. The molecule has 14 heteroatoms. The molecule has 5 N–H and O–H groups in total. The quantitative estimate of drug-likeness (QED) is 0.0904. The standard InChI is InChI=1S/C43H56N8O6/c1-27-24-33(38(52)44-22-23-56-42(2,3)4)18-21-35(27)30-12-8-28(9-13-30)25-36(40(54)46-34-19-16-31(17-20-34)37-48-50-51-49-37)47-39(53)32-14-10-29(11-15-32)26-45-41(55)57-43(5,6)7/h8-9,12-13,16-21,24,29,32,36H,10-11,14-15,22-23,25-26H2,1-7H3,(H,44,52)(H,45,55)(H,46,54)(H,47,53)(H,48,49,50,51)/t29?,32?,36-/m0/s1. The Morgan fingerprint density at radius 2 is 1.53 bits per heavy atom. The number of aromatic nitrogens is 4. The van der Waals surface area contributed by atoms with Crippen LogP contribution in [0.3, 0.4) is 0 Å². The van der Waals surface area contributed by atoms with Crippen LogP contribution in [0, 0.1) is 18.8 Å². The number of aryl methyl sites for hydroxylation is 1. The number of ether oxygens (including phenoxy) is 2. The van der Waals surface area contributed by atoms with Crippen molar-refractivity contribution in [3.05, 3.63) is 83.4 Å². The van der Waals surface area contributed by atoms with Crippen molar-refractivity contribution in [1.82, 2.24) is 36.6 Å². The van der Waals surface area contributed by atoms with E-state index in [0.717, 1.165) is 40.7 Å². The Morgan fingerprint density at radius 1 is 0.842 bits per heavy atom. The predicted molar refractivity (Wildman–Crippen MR) is 218 cm³/mol. The minimum atomic E-state index is -0.847. The first-order chi connectivity index (χ1) is 27.0. The molecule has 14 nitrogen and oxygen atoms in total. The highest BCUT2D eigenvalue weighted by molar-refractivity contribution is 5.98. The Labute approximate surface area is 334 Å². The molecular formula is C43H56N8O6. The summed E-state index contributed by atoms with van der Waals surface area (Å²) < 4.78 is 11.1. The summed E-state index contributed by atoms with van der Waals surface area (Å²) in [5.41, 5.74) is 4.80. The second kappa shape index (κ2) is 19.0. The van der Waals surface area contributed by atoms with Crippen molar-refractivity contribution in [3.8, 4) is 22.5 Å². The number of carbonyl (C=O) groups is 4. The Hall–Kier alpha value is -5.63. The van der Waals surface area contributed by atoms with Crippen LogP contribution in [0.5, 0.6) is 0 Å². The molecule has 1 aliphatic carbocycles. The number of hydrogen-bond acceptors (Lipinski definition) is 9. The number of nitrogens with one attached hydrogen (secondary N) is 5. The number of anilines is 1. The van der Waals surface area contributed by atoms with E-state index in [2.05, 4.69) is 41.9 Å². The van der Waals surface area contributed by atoms with E-state index in [4.69, 9.17) is 9.47 Å². The van der Waals surface area contributed by atoms with Crippen LogP contribution in [0.1, 0.15) is 88.7 Å². The van der Waals surface area contributed by atoms with Gasteiger partial charge in [0, 0.05) is 42.2 Å². The normalized spacial score (nSPS) is 16.3. The summed E-state index contributed by atoms with van der Waals surface area (Å²) in [5.74, 6) is -0.241. The van der Waals surface area contributed by atoms with Gasteiger partial charge in [0.2, 0.25) is 17.6 Å². The van der Waals surface area contributed by atoms with Gasteiger partial charge in [-0.2, -0.15) is 5.21 Å². The van der Waals surface area contributed by atoms with Gasteiger partial charge in [-0.05, 0) is 144 Å². The van der Waals surface area contributed by atoms with E-state index in [1.54, 1.807) is 24.3 Å². The lowest BCUT2D eigenvalue weighted by atomic mass is 9.81. The molecule has 57 heavy (non-hydrogen) atoms. The first kappa shape index (κ1) is 42.5. The van der Waals surface area contributed by atoms with Crippen molar-refractivity contribution >= 4 is 29.5 Å². The third-order valence-electron chi connectivity index (χ3n) is 9.66. The van der Waals surface area contributed by atoms with Crippen LogP contribution in [0.15, 0.2) is 66.7 Å². The summed E-state index contributed by atoms with van der Waals surface area (Å²) in [5, 5.41) is 25.8. The zero-order valence-corrected chi connectivity index (χ0v) is 34.0. The molecule has 1 atom stereocenters. The number of amides is 4. The van der Waals surface area contributed by atoms with Crippen molar-refractivity contribution in [2.24, 2.45) is 11.8 Å². The molecule has 1 heterocycles. The molecule has 1 fully saturated rings. The smallest absolute Gasteiger partial charge is 0.407 e. The Balaban J connectivity index is 1.23. The number of aromatic amines is 1. The molecule has 4 aromatic rings. The lowest BCUT2D eigenvalue weighted by molar-refractivity contribution is -0.130. The van der Waals surface area contributed by atoms with Gasteiger partial charge in [0.25, 0.3) is 5.91 Å². The molecule has 0 spiro atoms. The average molecular weight is 781 g/mol. The summed E-state index contributed by atoms with van der Waals surface area (Å²) in [6, 6.07) is 19.7. The molecule has 0 saturated heterocycles. The van der Waals surface area contributed by atoms with Crippen molar-refractivity contribution < 1.29 is 28.7 Å². The molecule has 4 amide bonds. The fourth-order valence-electron chi connectivity index (χ4n) is 6.69. The highest BCUT2D eigenvalue weighted by Crippen LogP contribution is 2.30. The van der Waals surface area contributed by atoms with Gasteiger partial charge < -0.3 is 30.7 Å². The maximum absolute atomic E-state index is 13.8. The fourth-order valence-corrected chi connectivity index (χ4v) is 6.69. The van der Waals surface area contributed by atoms with Crippen LogP contribution in [-0.4, -0.2) is 81.4 Å². The van der Waals surface area contributed by atoms with Gasteiger partial charge in [-0.3, -0.25) is 14.4 Å². The highest BCUT2D eigenvalue weighted by atomic mass is 16.6. The van der Waals surface area contributed by atoms with Crippen molar-refractivity contribution in [1.29, 1.82) is 0 Å². The van der Waals surface area contributed by atoms with E-state index in [9.17, 15) is 19.2 Å². The molecule has 0 unspecified atom stereocenters. The monoisotopic (exact) mass is 780 g/mol. The minimum Gasteiger partial charge on any atom is -0.444 e. The van der Waals surface area contributed by atoms with Gasteiger partial charge in [-0.25, -0.2) is 4.79 Å². The third kappa shape index (κ3) is 13.2. The van der Waals surface area contributed by atoms with Gasteiger partial charge in [-0.1, -0.05) is 30.3 Å². The molecule has 5 rings (SSSR count). The third-order valence-corrected chi connectivity index (χ3v) is 9.66.